The predicted molar refractivity (Wildman–Crippen MR) is 77.0 cm³/mol. The van der Waals surface area contributed by atoms with E-state index >= 15 is 0 Å². The fourth-order valence-corrected chi connectivity index (χ4v) is 2.57. The molecule has 0 saturated carbocycles. The molecule has 0 radical (unpaired) electrons. The van der Waals surface area contributed by atoms with Crippen LogP contribution in [0, 0.1) is 20.8 Å². The number of aromatic nitrogens is 1. The minimum atomic E-state index is 0.914. The standard InChI is InChI=1S/C16H22N2/c1-12-8-13(2)16(14(3)9-12)11-18-7-5-6-15(18)10-17-4/h5-9,17H,10-11H2,1-4H3. The van der Waals surface area contributed by atoms with Crippen LogP contribution in [0.15, 0.2) is 30.5 Å². The fourth-order valence-electron chi connectivity index (χ4n) is 2.57. The molecule has 1 N–H and O–H groups in total. The van der Waals surface area contributed by atoms with Gasteiger partial charge in [0.1, 0.15) is 0 Å². The highest BCUT2D eigenvalue weighted by molar-refractivity contribution is 5.37. The van der Waals surface area contributed by atoms with Gasteiger partial charge in [-0.2, -0.15) is 0 Å². The van der Waals surface area contributed by atoms with E-state index in [1.54, 1.807) is 0 Å². The molecule has 2 aromatic rings. The van der Waals surface area contributed by atoms with Crippen LogP contribution in [0.1, 0.15) is 27.9 Å². The average Bonchev–Trinajstić information content (AvgIpc) is 2.71. The van der Waals surface area contributed by atoms with Crippen LogP contribution in [-0.4, -0.2) is 11.6 Å². The molecular formula is C16H22N2. The van der Waals surface area contributed by atoms with Gasteiger partial charge in [-0.25, -0.2) is 0 Å². The highest BCUT2D eigenvalue weighted by Crippen LogP contribution is 2.18. The molecule has 0 bridgehead atoms. The van der Waals surface area contributed by atoms with Crippen molar-refractivity contribution in [1.29, 1.82) is 0 Å². The third-order valence-corrected chi connectivity index (χ3v) is 3.45. The summed E-state index contributed by atoms with van der Waals surface area (Å²) in [5, 5.41) is 3.21. The van der Waals surface area contributed by atoms with Crippen molar-refractivity contribution in [3.8, 4) is 0 Å². The Bertz CT molecular complexity index is 515. The smallest absolute Gasteiger partial charge is 0.0478 e. The maximum absolute atomic E-state index is 3.21. The van der Waals surface area contributed by atoms with Crippen molar-refractivity contribution in [3.05, 3.63) is 58.4 Å². The lowest BCUT2D eigenvalue weighted by molar-refractivity contribution is 0.690. The molecule has 1 heterocycles. The second-order valence-corrected chi connectivity index (χ2v) is 5.04. The van der Waals surface area contributed by atoms with Gasteiger partial charge in [0.05, 0.1) is 0 Å². The minimum Gasteiger partial charge on any atom is -0.346 e. The molecule has 2 heteroatoms. The number of rotatable bonds is 4. The first-order chi connectivity index (χ1) is 8.61. The Morgan fingerprint density at radius 3 is 2.39 bits per heavy atom. The van der Waals surface area contributed by atoms with Crippen LogP contribution >= 0.6 is 0 Å². The SMILES string of the molecule is CNCc1cccn1Cc1c(C)cc(C)cc1C. The third-order valence-electron chi connectivity index (χ3n) is 3.45. The van der Waals surface area contributed by atoms with E-state index in [1.165, 1.54) is 27.9 Å². The Balaban J connectivity index is 2.31. The first-order valence-electron chi connectivity index (χ1n) is 6.47. The topological polar surface area (TPSA) is 17.0 Å². The van der Waals surface area contributed by atoms with Crippen molar-refractivity contribution in [3.63, 3.8) is 0 Å². The van der Waals surface area contributed by atoms with Crippen LogP contribution in [0.2, 0.25) is 0 Å². The van der Waals surface area contributed by atoms with Gasteiger partial charge in [-0.3, -0.25) is 0 Å². The fraction of sp³-hybridized carbons (Fsp3) is 0.375. The monoisotopic (exact) mass is 242 g/mol. The first kappa shape index (κ1) is 12.9. The largest absolute Gasteiger partial charge is 0.346 e. The Kier molecular flexibility index (Phi) is 3.87. The lowest BCUT2D eigenvalue weighted by Gasteiger charge is -2.14. The van der Waals surface area contributed by atoms with Crippen molar-refractivity contribution in [1.82, 2.24) is 9.88 Å². The summed E-state index contributed by atoms with van der Waals surface area (Å²) in [7, 11) is 1.99. The zero-order valence-electron chi connectivity index (χ0n) is 11.7. The van der Waals surface area contributed by atoms with Crippen molar-refractivity contribution in [2.75, 3.05) is 7.05 Å². The predicted octanol–water partition coefficient (Wildman–Crippen LogP) is 3.18. The van der Waals surface area contributed by atoms with E-state index in [-0.39, 0.29) is 0 Å². The maximum Gasteiger partial charge on any atom is 0.0478 e. The molecule has 0 spiro atoms. The summed E-state index contributed by atoms with van der Waals surface area (Å²) in [6, 6.07) is 8.83. The molecule has 0 amide bonds. The van der Waals surface area contributed by atoms with Crippen molar-refractivity contribution in [2.45, 2.75) is 33.9 Å². The van der Waals surface area contributed by atoms with E-state index in [1.807, 2.05) is 7.05 Å². The molecule has 0 saturated heterocycles. The summed E-state index contributed by atoms with van der Waals surface area (Å²) in [5.74, 6) is 0. The lowest BCUT2D eigenvalue weighted by atomic mass is 10.00. The minimum absolute atomic E-state index is 0.914. The van der Waals surface area contributed by atoms with Gasteiger partial charge in [0.25, 0.3) is 0 Å². The number of nitrogens with zero attached hydrogens (tertiary/aromatic N) is 1. The molecule has 0 atom stereocenters. The molecule has 96 valence electrons. The summed E-state index contributed by atoms with van der Waals surface area (Å²) in [5.41, 5.74) is 6.89. The summed E-state index contributed by atoms with van der Waals surface area (Å²) in [4.78, 5) is 0. The third kappa shape index (κ3) is 2.65. The number of hydrogen-bond acceptors (Lipinski definition) is 1. The second kappa shape index (κ2) is 5.40. The highest BCUT2D eigenvalue weighted by Gasteiger charge is 2.06. The van der Waals surface area contributed by atoms with Crippen LogP contribution < -0.4 is 5.32 Å². The Hall–Kier alpha value is -1.54. The lowest BCUT2D eigenvalue weighted by Crippen LogP contribution is -2.12. The number of nitrogens with one attached hydrogen (secondary N) is 1. The Labute approximate surface area is 110 Å². The number of hydrogen-bond donors (Lipinski definition) is 1. The van der Waals surface area contributed by atoms with E-state index in [2.05, 4.69) is 61.1 Å². The Morgan fingerprint density at radius 2 is 1.78 bits per heavy atom. The summed E-state index contributed by atoms with van der Waals surface area (Å²) in [6.07, 6.45) is 2.16. The van der Waals surface area contributed by atoms with Crippen LogP contribution in [0.3, 0.4) is 0 Å². The van der Waals surface area contributed by atoms with Crippen LogP contribution in [0.4, 0.5) is 0 Å². The van der Waals surface area contributed by atoms with E-state index in [0.717, 1.165) is 13.1 Å². The van der Waals surface area contributed by atoms with Crippen LogP contribution in [0.5, 0.6) is 0 Å². The molecule has 0 fully saturated rings. The van der Waals surface area contributed by atoms with E-state index < -0.39 is 0 Å². The van der Waals surface area contributed by atoms with Crippen molar-refractivity contribution < 1.29 is 0 Å². The quantitative estimate of drug-likeness (QED) is 0.871. The van der Waals surface area contributed by atoms with E-state index in [0.29, 0.717) is 0 Å². The van der Waals surface area contributed by atoms with Gasteiger partial charge in [-0.1, -0.05) is 17.7 Å². The normalized spacial score (nSPS) is 10.9. The molecule has 0 aliphatic rings. The van der Waals surface area contributed by atoms with E-state index in [9.17, 15) is 0 Å². The zero-order chi connectivity index (χ0) is 13.1. The van der Waals surface area contributed by atoms with Crippen molar-refractivity contribution in [2.24, 2.45) is 0 Å². The molecule has 0 aliphatic heterocycles. The van der Waals surface area contributed by atoms with Gasteiger partial charge in [-0.15, -0.1) is 0 Å². The summed E-state index contributed by atoms with van der Waals surface area (Å²) < 4.78 is 2.32. The molecule has 0 aliphatic carbocycles. The molecule has 18 heavy (non-hydrogen) atoms. The Morgan fingerprint density at radius 1 is 1.11 bits per heavy atom. The zero-order valence-corrected chi connectivity index (χ0v) is 11.7. The van der Waals surface area contributed by atoms with Gasteiger partial charge in [-0.05, 0) is 56.6 Å². The maximum atomic E-state index is 3.21. The second-order valence-electron chi connectivity index (χ2n) is 5.04. The molecular weight excluding hydrogens is 220 g/mol. The van der Waals surface area contributed by atoms with Gasteiger partial charge in [0.15, 0.2) is 0 Å². The molecule has 1 aromatic carbocycles. The van der Waals surface area contributed by atoms with Crippen LogP contribution in [0.25, 0.3) is 0 Å². The summed E-state index contributed by atoms with van der Waals surface area (Å²) in [6.45, 7) is 8.44. The number of benzene rings is 1. The molecule has 0 unspecified atom stereocenters. The van der Waals surface area contributed by atoms with Gasteiger partial charge < -0.3 is 9.88 Å². The molecule has 2 nitrogen and oxygen atoms in total. The first-order valence-corrected chi connectivity index (χ1v) is 6.47. The van der Waals surface area contributed by atoms with Gasteiger partial charge >= 0.3 is 0 Å². The molecule has 1 aromatic heterocycles. The number of aryl methyl sites for hydroxylation is 3. The average molecular weight is 242 g/mol. The van der Waals surface area contributed by atoms with Gasteiger partial charge in [0, 0.05) is 25.0 Å². The van der Waals surface area contributed by atoms with Gasteiger partial charge in [0.2, 0.25) is 0 Å². The highest BCUT2D eigenvalue weighted by atomic mass is 15.0. The van der Waals surface area contributed by atoms with E-state index in [4.69, 9.17) is 0 Å². The summed E-state index contributed by atoms with van der Waals surface area (Å²) >= 11 is 0. The molecule has 2 rings (SSSR count). The van der Waals surface area contributed by atoms with Crippen LogP contribution in [-0.2, 0) is 13.1 Å². The van der Waals surface area contributed by atoms with Crippen molar-refractivity contribution >= 4 is 0 Å².